The second kappa shape index (κ2) is 5.84. The first-order valence-electron chi connectivity index (χ1n) is 5.69. The van der Waals surface area contributed by atoms with Gasteiger partial charge < -0.3 is 5.11 Å². The Morgan fingerprint density at radius 3 is 2.61 bits per heavy atom. The molecule has 1 heterocycles. The molecule has 1 rings (SSSR count). The van der Waals surface area contributed by atoms with E-state index in [9.17, 15) is 9.59 Å². The fraction of sp³-hybridized carbons (Fsp3) is 0.583. The van der Waals surface area contributed by atoms with Crippen molar-refractivity contribution in [3.8, 4) is 0 Å². The van der Waals surface area contributed by atoms with Crippen LogP contribution in [-0.2, 0) is 9.59 Å². The van der Waals surface area contributed by atoms with Crippen molar-refractivity contribution in [3.05, 3.63) is 11.0 Å². The maximum Gasteiger partial charge on any atom is 0.303 e. The summed E-state index contributed by atoms with van der Waals surface area (Å²) in [5.74, 6) is -0.962. The highest BCUT2D eigenvalue weighted by Crippen LogP contribution is 2.34. The van der Waals surface area contributed by atoms with Gasteiger partial charge >= 0.3 is 5.97 Å². The molecule has 0 aromatic carbocycles. The van der Waals surface area contributed by atoms with Crippen molar-refractivity contribution in [2.75, 3.05) is 6.54 Å². The number of thiocarbonyl (C=S) groups is 1. The van der Waals surface area contributed by atoms with Crippen molar-refractivity contribution >= 4 is 40.2 Å². The van der Waals surface area contributed by atoms with Gasteiger partial charge in [-0.1, -0.05) is 50.8 Å². The predicted octanol–water partition coefficient (Wildman–Crippen LogP) is 2.64. The Morgan fingerprint density at radius 1 is 1.50 bits per heavy atom. The van der Waals surface area contributed by atoms with E-state index < -0.39 is 5.97 Å². The van der Waals surface area contributed by atoms with Gasteiger partial charge in [-0.3, -0.25) is 14.5 Å². The SMILES string of the molecule is CC(C)(C)/C=C1\SC(=S)N(CCCC(=O)O)C1=O. The number of nitrogens with zero attached hydrogens (tertiary/aromatic N) is 1. The molecule has 0 spiro atoms. The number of amides is 1. The average Bonchev–Trinajstić information content (AvgIpc) is 2.42. The summed E-state index contributed by atoms with van der Waals surface area (Å²) in [6.07, 6.45) is 2.38. The second-order valence-electron chi connectivity index (χ2n) is 5.20. The molecule has 6 heteroatoms. The summed E-state index contributed by atoms with van der Waals surface area (Å²) in [6, 6.07) is 0. The van der Waals surface area contributed by atoms with Gasteiger partial charge in [0.1, 0.15) is 4.32 Å². The van der Waals surface area contributed by atoms with Crippen molar-refractivity contribution in [1.82, 2.24) is 4.90 Å². The van der Waals surface area contributed by atoms with Gasteiger partial charge in [0.05, 0.1) is 4.91 Å². The Morgan fingerprint density at radius 2 is 2.11 bits per heavy atom. The maximum absolute atomic E-state index is 12.1. The Labute approximate surface area is 116 Å². The topological polar surface area (TPSA) is 57.6 Å². The van der Waals surface area contributed by atoms with Crippen LogP contribution in [0.15, 0.2) is 11.0 Å². The highest BCUT2D eigenvalue weighted by atomic mass is 32.2. The molecule has 4 nitrogen and oxygen atoms in total. The summed E-state index contributed by atoms with van der Waals surface area (Å²) in [5.41, 5.74) is -0.0787. The maximum atomic E-state index is 12.1. The molecule has 1 amide bonds. The lowest BCUT2D eigenvalue weighted by atomic mass is 9.96. The zero-order valence-corrected chi connectivity index (χ0v) is 12.4. The van der Waals surface area contributed by atoms with Gasteiger partial charge in [-0.25, -0.2) is 0 Å². The Bertz CT molecular complexity index is 410. The van der Waals surface area contributed by atoms with E-state index in [4.69, 9.17) is 17.3 Å². The smallest absolute Gasteiger partial charge is 0.303 e. The zero-order chi connectivity index (χ0) is 13.9. The lowest BCUT2D eigenvalue weighted by Crippen LogP contribution is -2.29. The summed E-state index contributed by atoms with van der Waals surface area (Å²) >= 11 is 6.43. The lowest BCUT2D eigenvalue weighted by molar-refractivity contribution is -0.137. The van der Waals surface area contributed by atoms with Crippen LogP contribution in [-0.4, -0.2) is 32.7 Å². The Hall–Kier alpha value is -0.880. The number of hydrogen-bond acceptors (Lipinski definition) is 4. The minimum Gasteiger partial charge on any atom is -0.481 e. The minimum atomic E-state index is -0.856. The van der Waals surface area contributed by atoms with Crippen LogP contribution < -0.4 is 0 Å². The number of carbonyl (C=O) groups excluding carboxylic acids is 1. The molecule has 0 aromatic rings. The third-order valence-corrected chi connectivity index (χ3v) is 3.59. The van der Waals surface area contributed by atoms with Gasteiger partial charge in [0.2, 0.25) is 0 Å². The number of thioether (sulfide) groups is 1. The van der Waals surface area contributed by atoms with Crippen LogP contribution in [0.25, 0.3) is 0 Å². The normalized spacial score (nSPS) is 18.8. The number of rotatable bonds is 4. The molecule has 18 heavy (non-hydrogen) atoms. The number of hydrogen-bond donors (Lipinski definition) is 1. The largest absolute Gasteiger partial charge is 0.481 e. The fourth-order valence-corrected chi connectivity index (χ4v) is 3.00. The molecule has 0 aliphatic carbocycles. The molecule has 0 unspecified atom stereocenters. The summed E-state index contributed by atoms with van der Waals surface area (Å²) in [7, 11) is 0. The summed E-state index contributed by atoms with van der Waals surface area (Å²) in [5, 5.41) is 8.57. The molecule has 0 bridgehead atoms. The third-order valence-electron chi connectivity index (χ3n) is 2.21. The van der Waals surface area contributed by atoms with Crippen LogP contribution >= 0.6 is 24.0 Å². The van der Waals surface area contributed by atoms with Crippen LogP contribution in [0, 0.1) is 5.41 Å². The molecule has 100 valence electrons. The van der Waals surface area contributed by atoms with E-state index in [-0.39, 0.29) is 17.7 Å². The van der Waals surface area contributed by atoms with Crippen molar-refractivity contribution < 1.29 is 14.7 Å². The number of allylic oxidation sites excluding steroid dienone is 1. The zero-order valence-electron chi connectivity index (χ0n) is 10.7. The quantitative estimate of drug-likeness (QED) is 0.636. The van der Waals surface area contributed by atoms with Gasteiger partial charge in [0.15, 0.2) is 0 Å². The van der Waals surface area contributed by atoms with E-state index in [0.717, 1.165) is 0 Å². The number of carboxylic acid groups (broad SMARTS) is 1. The van der Waals surface area contributed by atoms with E-state index in [1.165, 1.54) is 16.7 Å². The molecular weight excluding hydrogens is 270 g/mol. The number of carboxylic acids is 1. The fourth-order valence-electron chi connectivity index (χ4n) is 1.47. The third kappa shape index (κ3) is 4.42. The van der Waals surface area contributed by atoms with E-state index in [1.807, 2.05) is 26.8 Å². The summed E-state index contributed by atoms with van der Waals surface area (Å²) in [6.45, 7) is 6.43. The van der Waals surface area contributed by atoms with E-state index >= 15 is 0 Å². The number of aliphatic carboxylic acids is 1. The lowest BCUT2D eigenvalue weighted by Gasteiger charge is -2.14. The van der Waals surface area contributed by atoms with Crippen molar-refractivity contribution in [1.29, 1.82) is 0 Å². The molecule has 0 aromatic heterocycles. The van der Waals surface area contributed by atoms with Crippen molar-refractivity contribution in [2.24, 2.45) is 5.41 Å². The molecule has 1 aliphatic heterocycles. The van der Waals surface area contributed by atoms with Crippen LogP contribution in [0.1, 0.15) is 33.6 Å². The molecule has 0 saturated carbocycles. The van der Waals surface area contributed by atoms with Crippen molar-refractivity contribution in [2.45, 2.75) is 33.6 Å². The molecular formula is C12H17NO3S2. The van der Waals surface area contributed by atoms with Crippen LogP contribution in [0.3, 0.4) is 0 Å². The van der Waals surface area contributed by atoms with E-state index in [0.29, 0.717) is 22.2 Å². The van der Waals surface area contributed by atoms with Crippen LogP contribution in [0.2, 0.25) is 0 Å². The Kier molecular flexibility index (Phi) is 4.92. The monoisotopic (exact) mass is 287 g/mol. The van der Waals surface area contributed by atoms with Gasteiger partial charge in [-0.05, 0) is 11.8 Å². The molecule has 0 atom stereocenters. The van der Waals surface area contributed by atoms with Crippen molar-refractivity contribution in [3.63, 3.8) is 0 Å². The highest BCUT2D eigenvalue weighted by Gasteiger charge is 2.32. The second-order valence-corrected chi connectivity index (χ2v) is 6.87. The summed E-state index contributed by atoms with van der Waals surface area (Å²) < 4.78 is 0.515. The molecule has 1 saturated heterocycles. The highest BCUT2D eigenvalue weighted by molar-refractivity contribution is 8.26. The van der Waals surface area contributed by atoms with Crippen LogP contribution in [0.4, 0.5) is 0 Å². The molecule has 1 fully saturated rings. The summed E-state index contributed by atoms with van der Waals surface area (Å²) in [4.78, 5) is 24.6. The van der Waals surface area contributed by atoms with Gasteiger partial charge in [0, 0.05) is 13.0 Å². The first kappa shape index (κ1) is 15.2. The molecule has 0 radical (unpaired) electrons. The standard InChI is InChI=1S/C12H17NO3S2/c1-12(2,3)7-8-10(16)13(11(17)18-8)6-4-5-9(14)15/h7H,4-6H2,1-3H3,(H,14,15)/b8-7-. The Balaban J connectivity index is 2.68. The minimum absolute atomic E-state index is 0.0510. The van der Waals surface area contributed by atoms with Gasteiger partial charge in [-0.2, -0.15) is 0 Å². The average molecular weight is 287 g/mol. The van der Waals surface area contributed by atoms with Gasteiger partial charge in [0.25, 0.3) is 5.91 Å². The van der Waals surface area contributed by atoms with E-state index in [2.05, 4.69) is 0 Å². The van der Waals surface area contributed by atoms with E-state index in [1.54, 1.807) is 0 Å². The van der Waals surface area contributed by atoms with Gasteiger partial charge in [-0.15, -0.1) is 0 Å². The number of carbonyl (C=O) groups is 2. The first-order chi connectivity index (χ1) is 8.20. The predicted molar refractivity (Wildman–Crippen MR) is 76.3 cm³/mol. The van der Waals surface area contributed by atoms with Crippen LogP contribution in [0.5, 0.6) is 0 Å². The molecule has 1 aliphatic rings. The first-order valence-corrected chi connectivity index (χ1v) is 6.91. The molecule has 1 N–H and O–H groups in total.